The minimum absolute atomic E-state index is 0.0108. The largest absolute Gasteiger partial charge is 0.488 e. The molecule has 2 unspecified atom stereocenters. The third-order valence-electron chi connectivity index (χ3n) is 11.9. The molecule has 0 saturated heterocycles. The van der Waals surface area contributed by atoms with Crippen molar-refractivity contribution < 1.29 is 49.0 Å². The number of hydrogen-bond donors (Lipinski definition) is 6. The van der Waals surface area contributed by atoms with Gasteiger partial charge < -0.3 is 39.4 Å². The van der Waals surface area contributed by atoms with Gasteiger partial charge in [0, 0.05) is 91.1 Å². The SMILES string of the molecule is C/N=C/c1cncc(COc2cc(OCc3cccc(-c4cccc(COc5cc(OCc6cncc(C#N)c6)c(CNC(C)(CO)C(=O)O)cc5Cl)c4C)c3C)c(Cl)cc2CNC(C)(CO)C(=O)O)c1. The highest BCUT2D eigenvalue weighted by Crippen LogP contribution is 2.38. The lowest BCUT2D eigenvalue weighted by atomic mass is 9.92. The number of carbonyl (C=O) groups is 2. The molecule has 0 bridgehead atoms. The number of nitrogens with zero attached hydrogens (tertiary/aromatic N) is 4. The number of aromatic nitrogens is 2. The predicted molar refractivity (Wildman–Crippen MR) is 268 cm³/mol. The number of ether oxygens (including phenoxy) is 4. The van der Waals surface area contributed by atoms with Gasteiger partial charge in [0.15, 0.2) is 0 Å². The third-order valence-corrected chi connectivity index (χ3v) is 12.5. The number of hydrogen-bond acceptors (Lipinski definition) is 14. The van der Waals surface area contributed by atoms with Crippen LogP contribution in [0.5, 0.6) is 23.0 Å². The molecule has 0 amide bonds. The lowest BCUT2D eigenvalue weighted by Gasteiger charge is -2.25. The van der Waals surface area contributed by atoms with Crippen molar-refractivity contribution in [3.63, 3.8) is 0 Å². The van der Waals surface area contributed by atoms with Crippen molar-refractivity contribution in [2.45, 2.75) is 78.3 Å². The van der Waals surface area contributed by atoms with E-state index in [0.29, 0.717) is 45.3 Å². The van der Waals surface area contributed by atoms with Gasteiger partial charge in [-0.1, -0.05) is 59.6 Å². The van der Waals surface area contributed by atoms with Crippen molar-refractivity contribution in [1.82, 2.24) is 20.6 Å². The molecule has 2 heterocycles. The molecule has 0 fully saturated rings. The van der Waals surface area contributed by atoms with Gasteiger partial charge in [-0.05, 0) is 85.3 Å². The number of benzene rings is 4. The van der Waals surface area contributed by atoms with Gasteiger partial charge in [0.25, 0.3) is 0 Å². The molecule has 0 aliphatic rings. The summed E-state index contributed by atoms with van der Waals surface area (Å²) in [6, 6.07) is 24.0. The molecule has 2 aromatic heterocycles. The zero-order chi connectivity index (χ0) is 51.3. The van der Waals surface area contributed by atoms with Crippen molar-refractivity contribution >= 4 is 41.4 Å². The number of nitriles is 1. The number of pyridine rings is 2. The molecule has 0 spiro atoms. The Bertz CT molecular complexity index is 2970. The summed E-state index contributed by atoms with van der Waals surface area (Å²) in [5, 5.41) is 54.9. The Morgan fingerprint density at radius 2 is 1.11 bits per heavy atom. The van der Waals surface area contributed by atoms with Crippen LogP contribution in [-0.4, -0.2) is 79.9 Å². The number of rotatable bonds is 24. The molecule has 0 aliphatic heterocycles. The predicted octanol–water partition coefficient (Wildman–Crippen LogP) is 8.15. The summed E-state index contributed by atoms with van der Waals surface area (Å²) < 4.78 is 25.2. The van der Waals surface area contributed by atoms with Gasteiger partial charge in [-0.3, -0.25) is 35.2 Å². The second-order valence-electron chi connectivity index (χ2n) is 17.1. The maximum Gasteiger partial charge on any atom is 0.326 e. The van der Waals surface area contributed by atoms with Crippen LogP contribution in [0.15, 0.2) is 103 Å². The second kappa shape index (κ2) is 24.1. The molecule has 0 aliphatic carbocycles. The number of aliphatic hydroxyl groups is 2. The maximum absolute atomic E-state index is 12.0. The highest BCUT2D eigenvalue weighted by atomic mass is 35.5. The van der Waals surface area contributed by atoms with E-state index in [4.69, 9.17) is 42.1 Å². The standard InChI is InChI=1S/C53H54Cl2N6O10/c1-32-38(28-70-48-16-46(68-26-36-12-34(18-56)20-58-22-36)40(14-44(48)54)24-60-52(3,30-62)50(64)65)8-6-10-42(32)43-11-7-9-39(33(43)2)29-71-49-17-47(69-27-37-13-35(19-57-5)21-59-23-37)41(15-45(49)55)25-61-53(4,31-63)51(66)67/h6-17,19-23,60-63H,24-31H2,1-5H3,(H,64,65)(H,66,67)/b57-19+. The van der Waals surface area contributed by atoms with E-state index in [1.165, 1.54) is 20.0 Å². The highest BCUT2D eigenvalue weighted by Gasteiger charge is 2.33. The zero-order valence-electron chi connectivity index (χ0n) is 39.8. The van der Waals surface area contributed by atoms with E-state index < -0.39 is 36.2 Å². The number of aliphatic carboxylic acids is 2. The van der Waals surface area contributed by atoms with Crippen molar-refractivity contribution in [2.24, 2.45) is 4.99 Å². The third kappa shape index (κ3) is 13.4. The van der Waals surface area contributed by atoms with Crippen LogP contribution in [0.1, 0.15) is 69.5 Å². The van der Waals surface area contributed by atoms with E-state index in [1.807, 2.05) is 56.3 Å². The average molecular weight is 1010 g/mol. The molecule has 2 atom stereocenters. The number of carboxylic acid groups (broad SMARTS) is 2. The fourth-order valence-corrected chi connectivity index (χ4v) is 7.71. The van der Waals surface area contributed by atoms with Gasteiger partial charge in [0.2, 0.25) is 0 Å². The molecule has 370 valence electrons. The summed E-state index contributed by atoms with van der Waals surface area (Å²) in [6.45, 7) is 5.90. The van der Waals surface area contributed by atoms with E-state index in [1.54, 1.807) is 62.2 Å². The first-order valence-electron chi connectivity index (χ1n) is 22.2. The van der Waals surface area contributed by atoms with Crippen LogP contribution in [0.4, 0.5) is 0 Å². The summed E-state index contributed by atoms with van der Waals surface area (Å²) >= 11 is 13.6. The second-order valence-corrected chi connectivity index (χ2v) is 17.9. The number of halogens is 2. The fourth-order valence-electron chi connectivity index (χ4n) is 7.23. The first-order valence-corrected chi connectivity index (χ1v) is 23.0. The number of aliphatic imine (C=N–C) groups is 1. The first-order chi connectivity index (χ1) is 34.0. The fraction of sp³-hybridized carbons (Fsp3) is 0.283. The summed E-state index contributed by atoms with van der Waals surface area (Å²) in [4.78, 5) is 36.3. The van der Waals surface area contributed by atoms with Crippen molar-refractivity contribution in [2.75, 3.05) is 20.3 Å². The van der Waals surface area contributed by atoms with Gasteiger partial charge in [0.1, 0.15) is 66.6 Å². The van der Waals surface area contributed by atoms with Crippen molar-refractivity contribution in [3.05, 3.63) is 163 Å². The Kier molecular flexibility index (Phi) is 18.1. The van der Waals surface area contributed by atoms with Crippen LogP contribution in [0.2, 0.25) is 10.0 Å². The molecule has 18 heteroatoms. The molecule has 4 aromatic carbocycles. The number of nitrogens with one attached hydrogen (secondary N) is 2. The molecule has 6 N–H and O–H groups in total. The van der Waals surface area contributed by atoms with Crippen molar-refractivity contribution in [3.8, 4) is 40.2 Å². The quantitative estimate of drug-likeness (QED) is 0.0314. The molecule has 6 rings (SSSR count). The minimum Gasteiger partial charge on any atom is -0.488 e. The van der Waals surface area contributed by atoms with Gasteiger partial charge in [-0.2, -0.15) is 5.26 Å². The molecule has 0 saturated carbocycles. The van der Waals surface area contributed by atoms with Crippen LogP contribution in [0.3, 0.4) is 0 Å². The molecule has 6 aromatic rings. The van der Waals surface area contributed by atoms with E-state index in [-0.39, 0.29) is 49.6 Å². The van der Waals surface area contributed by atoms with Crippen LogP contribution in [0, 0.1) is 25.2 Å². The molecule has 0 radical (unpaired) electrons. The van der Waals surface area contributed by atoms with E-state index in [9.17, 15) is 35.3 Å². The van der Waals surface area contributed by atoms with E-state index in [2.05, 4.69) is 31.7 Å². The van der Waals surface area contributed by atoms with Crippen LogP contribution >= 0.6 is 23.2 Å². The first kappa shape index (κ1) is 53.3. The number of carboxylic acids is 2. The summed E-state index contributed by atoms with van der Waals surface area (Å²) in [5.74, 6) is -1.08. The normalized spacial score (nSPS) is 13.0. The maximum atomic E-state index is 12.0. The number of aliphatic hydroxyl groups excluding tert-OH is 2. The molecule has 71 heavy (non-hydrogen) atoms. The molecule has 16 nitrogen and oxygen atoms in total. The Balaban J connectivity index is 1.22. The van der Waals surface area contributed by atoms with Gasteiger partial charge in [-0.15, -0.1) is 0 Å². The lowest BCUT2D eigenvalue weighted by Crippen LogP contribution is -2.52. The minimum atomic E-state index is -1.63. The molecular weight excluding hydrogens is 952 g/mol. The van der Waals surface area contributed by atoms with Gasteiger partial charge >= 0.3 is 11.9 Å². The lowest BCUT2D eigenvalue weighted by molar-refractivity contribution is -0.146. The highest BCUT2D eigenvalue weighted by molar-refractivity contribution is 6.32. The zero-order valence-corrected chi connectivity index (χ0v) is 41.3. The average Bonchev–Trinajstić information content (AvgIpc) is 3.36. The van der Waals surface area contributed by atoms with E-state index in [0.717, 1.165) is 44.5 Å². The summed E-state index contributed by atoms with van der Waals surface area (Å²) in [7, 11) is 1.67. The van der Waals surface area contributed by atoms with Gasteiger partial charge in [-0.25, -0.2) is 0 Å². The Morgan fingerprint density at radius 1 is 0.662 bits per heavy atom. The Labute approximate surface area is 421 Å². The monoisotopic (exact) mass is 1000 g/mol. The molecular formula is C53H54Cl2N6O10. The topological polar surface area (TPSA) is 238 Å². The summed E-state index contributed by atoms with van der Waals surface area (Å²) in [5.41, 5.74) is 5.98. The van der Waals surface area contributed by atoms with Crippen molar-refractivity contribution in [1.29, 1.82) is 5.26 Å². The Morgan fingerprint density at radius 3 is 1.55 bits per heavy atom. The summed E-state index contributed by atoms with van der Waals surface area (Å²) in [6.07, 6.45) is 8.06. The van der Waals surface area contributed by atoms with Gasteiger partial charge in [0.05, 0.1) is 28.8 Å². The van der Waals surface area contributed by atoms with Crippen LogP contribution in [0.25, 0.3) is 11.1 Å². The van der Waals surface area contributed by atoms with Crippen LogP contribution < -0.4 is 29.6 Å². The Hall–Kier alpha value is -7.10. The smallest absolute Gasteiger partial charge is 0.326 e. The van der Waals surface area contributed by atoms with Crippen LogP contribution in [-0.2, 0) is 49.1 Å². The van der Waals surface area contributed by atoms with E-state index >= 15 is 0 Å².